The van der Waals surface area contributed by atoms with Gasteiger partial charge in [-0.2, -0.15) is 0 Å². The number of rotatable bonds is 4. The summed E-state index contributed by atoms with van der Waals surface area (Å²) in [5, 5.41) is 9.18. The number of hydrogen-bond donors (Lipinski definition) is 1. The van der Waals surface area contributed by atoms with Gasteiger partial charge in [0.25, 0.3) is 0 Å². The highest BCUT2D eigenvalue weighted by Gasteiger charge is 1.91. The number of hydrogen-bond acceptors (Lipinski definition) is 1. The lowest BCUT2D eigenvalue weighted by atomic mass is 10.1. The Morgan fingerprint density at radius 1 is 0.889 bits per heavy atom. The van der Waals surface area contributed by atoms with Crippen molar-refractivity contribution >= 4 is 12.2 Å². The second kappa shape index (κ2) is 5.87. The van der Waals surface area contributed by atoms with Crippen LogP contribution in [0.15, 0.2) is 61.2 Å². The predicted molar refractivity (Wildman–Crippen MR) is 77.4 cm³/mol. The van der Waals surface area contributed by atoms with E-state index in [1.165, 1.54) is 5.56 Å². The van der Waals surface area contributed by atoms with Gasteiger partial charge in [0, 0.05) is 0 Å². The molecule has 0 aliphatic carbocycles. The first kappa shape index (κ1) is 12.2. The molecule has 2 aromatic carbocycles. The fourth-order valence-corrected chi connectivity index (χ4v) is 1.71. The van der Waals surface area contributed by atoms with Crippen molar-refractivity contribution in [1.29, 1.82) is 0 Å². The van der Waals surface area contributed by atoms with Gasteiger partial charge in [-0.25, -0.2) is 0 Å². The highest BCUT2D eigenvalue weighted by atomic mass is 16.3. The molecule has 2 aromatic rings. The topological polar surface area (TPSA) is 20.2 Å². The normalized spacial score (nSPS) is 10.7. The molecular formula is C17H16O. The van der Waals surface area contributed by atoms with Crippen molar-refractivity contribution in [2.75, 3.05) is 0 Å². The molecule has 0 unspecified atom stereocenters. The molecule has 0 heterocycles. The van der Waals surface area contributed by atoms with Crippen molar-refractivity contribution in [2.45, 2.75) is 6.42 Å². The number of phenols is 1. The van der Waals surface area contributed by atoms with Crippen LogP contribution in [-0.4, -0.2) is 5.11 Å². The zero-order valence-electron chi connectivity index (χ0n) is 10.2. The third-order valence-electron chi connectivity index (χ3n) is 2.77. The standard InChI is InChI=1S/C17H16O/c1-2-14-6-8-15(9-7-14)4-3-5-16-10-12-17(18)13-11-16/h2-3,5-13,18H,1,4H2. The highest BCUT2D eigenvalue weighted by Crippen LogP contribution is 2.12. The van der Waals surface area contributed by atoms with Gasteiger partial charge in [-0.1, -0.05) is 61.2 Å². The Morgan fingerprint density at radius 3 is 2.11 bits per heavy atom. The number of phenolic OH excluding ortho intramolecular Hbond substituents is 1. The fourth-order valence-electron chi connectivity index (χ4n) is 1.71. The van der Waals surface area contributed by atoms with Crippen molar-refractivity contribution in [3.8, 4) is 5.75 Å². The van der Waals surface area contributed by atoms with E-state index in [9.17, 15) is 5.11 Å². The molecule has 0 saturated carbocycles. The van der Waals surface area contributed by atoms with Crippen molar-refractivity contribution in [3.63, 3.8) is 0 Å². The first-order valence-corrected chi connectivity index (χ1v) is 5.95. The maximum Gasteiger partial charge on any atom is 0.115 e. The van der Waals surface area contributed by atoms with Gasteiger partial charge >= 0.3 is 0 Å². The van der Waals surface area contributed by atoms with E-state index in [4.69, 9.17) is 0 Å². The Balaban J connectivity index is 1.97. The third kappa shape index (κ3) is 3.36. The molecule has 0 fully saturated rings. The molecule has 0 amide bonds. The summed E-state index contributed by atoms with van der Waals surface area (Å²) in [6.07, 6.45) is 6.92. The summed E-state index contributed by atoms with van der Waals surface area (Å²) in [5.74, 6) is 0.298. The van der Waals surface area contributed by atoms with Crippen molar-refractivity contribution in [3.05, 3.63) is 77.9 Å². The summed E-state index contributed by atoms with van der Waals surface area (Å²) in [4.78, 5) is 0. The van der Waals surface area contributed by atoms with Crippen LogP contribution in [0, 0.1) is 0 Å². The zero-order chi connectivity index (χ0) is 12.8. The second-order valence-electron chi connectivity index (χ2n) is 4.14. The molecule has 0 spiro atoms. The lowest BCUT2D eigenvalue weighted by Gasteiger charge is -1.98. The van der Waals surface area contributed by atoms with Gasteiger partial charge in [0.2, 0.25) is 0 Å². The van der Waals surface area contributed by atoms with Crippen LogP contribution in [0.25, 0.3) is 12.2 Å². The van der Waals surface area contributed by atoms with Gasteiger partial charge in [-0.3, -0.25) is 0 Å². The maximum atomic E-state index is 9.18. The molecule has 90 valence electrons. The Labute approximate surface area is 108 Å². The van der Waals surface area contributed by atoms with Crippen LogP contribution in [-0.2, 0) is 6.42 Å². The number of benzene rings is 2. The van der Waals surface area contributed by atoms with Crippen molar-refractivity contribution < 1.29 is 5.11 Å². The summed E-state index contributed by atoms with van der Waals surface area (Å²) in [5.41, 5.74) is 3.51. The maximum absolute atomic E-state index is 9.18. The Morgan fingerprint density at radius 2 is 1.50 bits per heavy atom. The minimum atomic E-state index is 0.298. The molecule has 0 aromatic heterocycles. The van der Waals surface area contributed by atoms with E-state index in [2.05, 4.69) is 43.0 Å². The first-order valence-electron chi connectivity index (χ1n) is 5.95. The van der Waals surface area contributed by atoms with Gasteiger partial charge < -0.3 is 5.11 Å². The van der Waals surface area contributed by atoms with Crippen LogP contribution in [0.1, 0.15) is 16.7 Å². The molecule has 1 N–H and O–H groups in total. The first-order chi connectivity index (χ1) is 8.78. The molecule has 18 heavy (non-hydrogen) atoms. The zero-order valence-corrected chi connectivity index (χ0v) is 10.2. The molecule has 0 aliphatic heterocycles. The van der Waals surface area contributed by atoms with E-state index < -0.39 is 0 Å². The monoisotopic (exact) mass is 236 g/mol. The molecule has 0 saturated heterocycles. The lowest BCUT2D eigenvalue weighted by molar-refractivity contribution is 0.475. The molecule has 0 radical (unpaired) electrons. The quantitative estimate of drug-likeness (QED) is 0.839. The van der Waals surface area contributed by atoms with E-state index in [1.807, 2.05) is 18.2 Å². The van der Waals surface area contributed by atoms with E-state index in [-0.39, 0.29) is 0 Å². The van der Waals surface area contributed by atoms with Gasteiger partial charge in [-0.15, -0.1) is 0 Å². The molecular weight excluding hydrogens is 220 g/mol. The van der Waals surface area contributed by atoms with Crippen LogP contribution in [0.3, 0.4) is 0 Å². The summed E-state index contributed by atoms with van der Waals surface area (Å²) in [6.45, 7) is 3.74. The van der Waals surface area contributed by atoms with E-state index in [0.717, 1.165) is 17.5 Å². The largest absolute Gasteiger partial charge is 0.508 e. The van der Waals surface area contributed by atoms with E-state index in [1.54, 1.807) is 12.1 Å². The Kier molecular flexibility index (Phi) is 3.98. The summed E-state index contributed by atoms with van der Waals surface area (Å²) in [7, 11) is 0. The van der Waals surface area contributed by atoms with Gasteiger partial charge in [-0.05, 0) is 35.2 Å². The molecule has 0 atom stereocenters. The average molecular weight is 236 g/mol. The highest BCUT2D eigenvalue weighted by molar-refractivity contribution is 5.51. The molecule has 0 aliphatic rings. The lowest BCUT2D eigenvalue weighted by Crippen LogP contribution is -1.81. The molecule has 1 heteroatoms. The van der Waals surface area contributed by atoms with Gasteiger partial charge in [0.1, 0.15) is 5.75 Å². The summed E-state index contributed by atoms with van der Waals surface area (Å²) >= 11 is 0. The predicted octanol–water partition coefficient (Wildman–Crippen LogP) is 4.29. The van der Waals surface area contributed by atoms with E-state index >= 15 is 0 Å². The van der Waals surface area contributed by atoms with Gasteiger partial charge in [0.05, 0.1) is 0 Å². The summed E-state index contributed by atoms with van der Waals surface area (Å²) < 4.78 is 0. The van der Waals surface area contributed by atoms with E-state index in [0.29, 0.717) is 5.75 Å². The second-order valence-corrected chi connectivity index (χ2v) is 4.14. The average Bonchev–Trinajstić information content (AvgIpc) is 2.42. The minimum Gasteiger partial charge on any atom is -0.508 e. The van der Waals surface area contributed by atoms with Crippen LogP contribution in [0.5, 0.6) is 5.75 Å². The van der Waals surface area contributed by atoms with Crippen molar-refractivity contribution in [2.24, 2.45) is 0 Å². The van der Waals surface area contributed by atoms with Gasteiger partial charge in [0.15, 0.2) is 0 Å². The molecule has 2 rings (SSSR count). The van der Waals surface area contributed by atoms with Crippen LogP contribution in [0.2, 0.25) is 0 Å². The van der Waals surface area contributed by atoms with Crippen LogP contribution < -0.4 is 0 Å². The number of allylic oxidation sites excluding steroid dienone is 1. The SMILES string of the molecule is C=Cc1ccc(CC=Cc2ccc(O)cc2)cc1. The fraction of sp³-hybridized carbons (Fsp3) is 0.0588. The summed E-state index contributed by atoms with van der Waals surface area (Å²) in [6, 6.07) is 15.5. The smallest absolute Gasteiger partial charge is 0.115 e. The Bertz CT molecular complexity index is 533. The third-order valence-corrected chi connectivity index (χ3v) is 2.77. The van der Waals surface area contributed by atoms with Crippen molar-refractivity contribution in [1.82, 2.24) is 0 Å². The molecule has 1 nitrogen and oxygen atoms in total. The molecule has 0 bridgehead atoms. The number of aromatic hydroxyl groups is 1. The minimum absolute atomic E-state index is 0.298. The van der Waals surface area contributed by atoms with Crippen LogP contribution in [0.4, 0.5) is 0 Å². The van der Waals surface area contributed by atoms with Crippen LogP contribution >= 0.6 is 0 Å². The Hall–Kier alpha value is -2.28.